The Morgan fingerprint density at radius 1 is 0.854 bits per heavy atom. The van der Waals surface area contributed by atoms with Crippen LogP contribution in [0.25, 0.3) is 20.7 Å². The highest BCUT2D eigenvalue weighted by Gasteiger charge is 2.25. The van der Waals surface area contributed by atoms with E-state index in [0.29, 0.717) is 41.7 Å². The van der Waals surface area contributed by atoms with Gasteiger partial charge in [0.15, 0.2) is 6.33 Å². The van der Waals surface area contributed by atoms with Crippen LogP contribution in [0.2, 0.25) is 0 Å². The highest BCUT2D eigenvalue weighted by molar-refractivity contribution is 7.22. The number of aromatic nitrogens is 6. The number of hydrogen-bond acceptors (Lipinski definition) is 8. The minimum atomic E-state index is -0.795. The first-order chi connectivity index (χ1) is 23.2. The Morgan fingerprint density at radius 3 is 2.25 bits per heavy atom. The van der Waals surface area contributed by atoms with Gasteiger partial charge in [0, 0.05) is 36.4 Å². The Kier molecular flexibility index (Phi) is 9.78. The molecule has 10 nitrogen and oxygen atoms in total. The molecule has 0 unspecified atom stereocenters. The van der Waals surface area contributed by atoms with Crippen LogP contribution in [0.5, 0.6) is 0 Å². The second-order valence-electron chi connectivity index (χ2n) is 11.6. The van der Waals surface area contributed by atoms with Gasteiger partial charge in [0.05, 0.1) is 25.0 Å². The van der Waals surface area contributed by atoms with Crippen LogP contribution in [0.1, 0.15) is 35.6 Å². The number of nitrogens with zero attached hydrogens (tertiary/aromatic N) is 7. The quantitative estimate of drug-likeness (QED) is 0.169. The molecule has 3 heterocycles. The van der Waals surface area contributed by atoms with Crippen LogP contribution < -0.4 is 11.2 Å². The number of thiophene rings is 1. The number of carbonyl (C=O) groups excluding carboxylic acids is 1. The van der Waals surface area contributed by atoms with Gasteiger partial charge < -0.3 is 0 Å². The van der Waals surface area contributed by atoms with Crippen LogP contribution in [-0.2, 0) is 43.9 Å². The topological polar surface area (TPSA) is 108 Å². The third-order valence-electron chi connectivity index (χ3n) is 8.18. The third-order valence-corrected chi connectivity index (χ3v) is 9.49. The Labute approximate surface area is 278 Å². The molecule has 0 atom stereocenters. The standard InChI is InChI=1S/C35H33F2N7O3S/c1-3-26(45)18-23-12-14-25(15-13-23)32-28(20-41(2)19-24-8-5-4-6-9-24)31-33(46)42(16-17-44-39-22-38-40-44)35(47)43(34(31)48-32)21-27-29(36)10-7-11-30(27)37/h4-15,22H,3,16-21H2,1-2H3. The van der Waals surface area contributed by atoms with Gasteiger partial charge in [-0.25, -0.2) is 13.6 Å². The highest BCUT2D eigenvalue weighted by atomic mass is 32.1. The summed E-state index contributed by atoms with van der Waals surface area (Å²) in [6.07, 6.45) is 2.00. The molecule has 0 aliphatic rings. The molecule has 3 aromatic heterocycles. The van der Waals surface area contributed by atoms with Crippen LogP contribution in [0.15, 0.2) is 88.7 Å². The van der Waals surface area contributed by atoms with Gasteiger partial charge in [0.25, 0.3) is 5.56 Å². The molecule has 0 aliphatic carbocycles. The van der Waals surface area contributed by atoms with E-state index >= 15 is 0 Å². The van der Waals surface area contributed by atoms with E-state index in [0.717, 1.165) is 38.3 Å². The molecule has 13 heteroatoms. The van der Waals surface area contributed by atoms with Crippen LogP contribution in [0.3, 0.4) is 0 Å². The SMILES string of the molecule is CCC(=O)Cc1ccc(-c2sc3c(c2CN(C)Cc2ccccc2)c(=O)n(CCn2ncnn2)c(=O)n3Cc2c(F)cccc2F)cc1. The van der Waals surface area contributed by atoms with Crippen molar-refractivity contribution in [3.05, 3.63) is 134 Å². The fourth-order valence-corrected chi connectivity index (χ4v) is 7.01. The van der Waals surface area contributed by atoms with E-state index in [9.17, 15) is 23.2 Å². The molecular weight excluding hydrogens is 636 g/mol. The number of halogens is 2. The lowest BCUT2D eigenvalue weighted by molar-refractivity contribution is -0.118. The molecule has 0 N–H and O–H groups in total. The van der Waals surface area contributed by atoms with Crippen LogP contribution in [0, 0.1) is 11.6 Å². The fourth-order valence-electron chi connectivity index (χ4n) is 5.71. The number of aryl methyl sites for hydroxylation is 1. The Hall–Kier alpha value is -5.14. The lowest BCUT2D eigenvalue weighted by Gasteiger charge is -2.18. The van der Waals surface area contributed by atoms with Crippen molar-refractivity contribution in [3.63, 3.8) is 0 Å². The Balaban J connectivity index is 1.55. The summed E-state index contributed by atoms with van der Waals surface area (Å²) in [6.45, 7) is 2.32. The number of Topliss-reactive ketones (excluding diaryl/α,β-unsaturated/α-hetero) is 1. The minimum absolute atomic E-state index is 0.0763. The number of tetrazole rings is 1. The maximum absolute atomic E-state index is 15.0. The second-order valence-corrected chi connectivity index (χ2v) is 12.6. The van der Waals surface area contributed by atoms with Crippen LogP contribution >= 0.6 is 11.3 Å². The summed E-state index contributed by atoms with van der Waals surface area (Å²) in [5.74, 6) is -1.47. The third kappa shape index (κ3) is 6.92. The molecule has 0 aliphatic heterocycles. The molecule has 6 aromatic rings. The highest BCUT2D eigenvalue weighted by Crippen LogP contribution is 2.38. The first kappa shape index (κ1) is 32.8. The fraction of sp³-hybridized carbons (Fsp3) is 0.257. The molecule has 0 amide bonds. The smallest absolute Gasteiger partial charge is 0.299 e. The van der Waals surface area contributed by atoms with Gasteiger partial charge in [-0.2, -0.15) is 4.80 Å². The maximum atomic E-state index is 15.0. The predicted molar refractivity (Wildman–Crippen MR) is 180 cm³/mol. The van der Waals surface area contributed by atoms with E-state index in [2.05, 4.69) is 20.3 Å². The number of hydrogen-bond donors (Lipinski definition) is 0. The molecule has 0 radical (unpaired) electrons. The number of benzene rings is 3. The summed E-state index contributed by atoms with van der Waals surface area (Å²) in [5.41, 5.74) is 1.91. The van der Waals surface area contributed by atoms with E-state index in [1.54, 1.807) is 0 Å². The Morgan fingerprint density at radius 2 is 1.58 bits per heavy atom. The van der Waals surface area contributed by atoms with E-state index in [4.69, 9.17) is 0 Å². The van der Waals surface area contributed by atoms with Gasteiger partial charge in [0.2, 0.25) is 0 Å². The molecule has 48 heavy (non-hydrogen) atoms. The maximum Gasteiger partial charge on any atom is 0.332 e. The molecule has 246 valence electrons. The monoisotopic (exact) mass is 669 g/mol. The molecule has 0 spiro atoms. The van der Waals surface area contributed by atoms with Gasteiger partial charge in [-0.3, -0.25) is 23.6 Å². The van der Waals surface area contributed by atoms with E-state index in [1.807, 2.05) is 68.6 Å². The number of carbonyl (C=O) groups is 1. The largest absolute Gasteiger partial charge is 0.332 e. The summed E-state index contributed by atoms with van der Waals surface area (Å²) in [4.78, 5) is 44.9. The average Bonchev–Trinajstić information content (AvgIpc) is 3.73. The van der Waals surface area contributed by atoms with Crippen molar-refractivity contribution in [2.75, 3.05) is 7.05 Å². The first-order valence-corrected chi connectivity index (χ1v) is 16.3. The summed E-state index contributed by atoms with van der Waals surface area (Å²) in [6, 6.07) is 21.0. The summed E-state index contributed by atoms with van der Waals surface area (Å²) in [5, 5.41) is 11.8. The lowest BCUT2D eigenvalue weighted by atomic mass is 10.0. The molecule has 0 fully saturated rings. The van der Waals surface area contributed by atoms with Crippen molar-refractivity contribution >= 4 is 27.3 Å². The lowest BCUT2D eigenvalue weighted by Crippen LogP contribution is -2.41. The predicted octanol–water partition coefficient (Wildman–Crippen LogP) is 5.06. The molecule has 0 saturated heterocycles. The van der Waals surface area contributed by atoms with Crippen molar-refractivity contribution in [1.82, 2.24) is 34.2 Å². The van der Waals surface area contributed by atoms with Crippen molar-refractivity contribution < 1.29 is 13.6 Å². The minimum Gasteiger partial charge on any atom is -0.299 e. The summed E-state index contributed by atoms with van der Waals surface area (Å²) < 4.78 is 32.3. The summed E-state index contributed by atoms with van der Waals surface area (Å²) in [7, 11) is 1.94. The molecule has 6 rings (SSSR count). The van der Waals surface area contributed by atoms with E-state index in [1.165, 1.54) is 33.1 Å². The Bertz CT molecular complexity index is 2160. The van der Waals surface area contributed by atoms with Crippen LogP contribution in [0.4, 0.5) is 8.78 Å². The van der Waals surface area contributed by atoms with Gasteiger partial charge in [0.1, 0.15) is 22.2 Å². The van der Waals surface area contributed by atoms with Crippen LogP contribution in [-0.4, -0.2) is 47.1 Å². The summed E-state index contributed by atoms with van der Waals surface area (Å²) >= 11 is 1.23. The molecule has 3 aromatic carbocycles. The van der Waals surface area contributed by atoms with Crippen molar-refractivity contribution in [2.24, 2.45) is 0 Å². The zero-order valence-electron chi connectivity index (χ0n) is 26.5. The van der Waals surface area contributed by atoms with E-state index < -0.39 is 29.4 Å². The number of fused-ring (bicyclic) bond motifs is 1. The van der Waals surface area contributed by atoms with Gasteiger partial charge in [-0.1, -0.05) is 67.6 Å². The normalized spacial score (nSPS) is 11.5. The number of rotatable bonds is 13. The van der Waals surface area contributed by atoms with Crippen molar-refractivity contribution in [1.29, 1.82) is 0 Å². The average molecular weight is 670 g/mol. The van der Waals surface area contributed by atoms with Crippen molar-refractivity contribution in [2.45, 2.75) is 52.5 Å². The van der Waals surface area contributed by atoms with Crippen molar-refractivity contribution in [3.8, 4) is 10.4 Å². The second kappa shape index (κ2) is 14.3. The zero-order valence-corrected chi connectivity index (χ0v) is 27.3. The van der Waals surface area contributed by atoms with Gasteiger partial charge >= 0.3 is 5.69 Å². The number of ketones is 1. The molecule has 0 bridgehead atoms. The van der Waals surface area contributed by atoms with E-state index in [-0.39, 0.29) is 24.4 Å². The zero-order chi connectivity index (χ0) is 33.8. The molecular formula is C35H33F2N7O3S. The van der Waals surface area contributed by atoms with Gasteiger partial charge in [-0.05, 0) is 46.6 Å². The van der Waals surface area contributed by atoms with Gasteiger partial charge in [-0.15, -0.1) is 21.5 Å². The molecule has 0 saturated carbocycles. The first-order valence-electron chi connectivity index (χ1n) is 15.5.